The molecule has 8 heteroatoms. The van der Waals surface area contributed by atoms with Crippen molar-refractivity contribution < 1.29 is 13.2 Å². The van der Waals surface area contributed by atoms with Crippen LogP contribution in [0.5, 0.6) is 0 Å². The molecule has 1 amide bonds. The molecule has 0 aromatic heterocycles. The average Bonchev–Trinajstić information content (AvgIpc) is 2.75. The summed E-state index contributed by atoms with van der Waals surface area (Å²) in [6.07, 6.45) is 1.78. The number of sulfonamides is 1. The maximum absolute atomic E-state index is 12.9. The van der Waals surface area contributed by atoms with E-state index < -0.39 is 10.0 Å². The summed E-state index contributed by atoms with van der Waals surface area (Å²) in [5, 5.41) is 3.80. The van der Waals surface area contributed by atoms with Crippen LogP contribution in [-0.2, 0) is 20.6 Å². The van der Waals surface area contributed by atoms with Crippen LogP contribution in [0.15, 0.2) is 48.5 Å². The Morgan fingerprint density at radius 3 is 2.23 bits per heavy atom. The molecule has 1 saturated heterocycles. The third kappa shape index (κ3) is 5.55. The molecule has 0 saturated carbocycles. The molecule has 2 aromatic rings. The van der Waals surface area contributed by atoms with E-state index >= 15 is 0 Å². The molecule has 0 bridgehead atoms. The molecule has 0 spiro atoms. The minimum absolute atomic E-state index is 0.0168. The number of amides is 1. The van der Waals surface area contributed by atoms with Crippen LogP contribution < -0.4 is 5.32 Å². The van der Waals surface area contributed by atoms with Crippen molar-refractivity contribution in [3.05, 3.63) is 69.7 Å². The first kappa shape index (κ1) is 23.1. The summed E-state index contributed by atoms with van der Waals surface area (Å²) in [6.45, 7) is 2.65. The van der Waals surface area contributed by atoms with Crippen LogP contribution in [0.3, 0.4) is 0 Å². The number of hydrogen-bond donors (Lipinski definition) is 1. The summed E-state index contributed by atoms with van der Waals surface area (Å²) in [5.41, 5.74) is 1.49. The molecule has 1 fully saturated rings. The van der Waals surface area contributed by atoms with E-state index in [4.69, 9.17) is 23.2 Å². The SMILES string of the molecule is CC[C@@H](NC(=O)C1CCN(S(=O)(=O)Cc2c(Cl)cccc2Cl)CC1)c1ccccc1. The van der Waals surface area contributed by atoms with Crippen LogP contribution in [-0.4, -0.2) is 31.7 Å². The van der Waals surface area contributed by atoms with Crippen molar-refractivity contribution in [3.8, 4) is 0 Å². The molecular weight excluding hydrogens is 443 g/mol. The highest BCUT2D eigenvalue weighted by molar-refractivity contribution is 7.88. The van der Waals surface area contributed by atoms with Gasteiger partial charge in [-0.15, -0.1) is 0 Å². The lowest BCUT2D eigenvalue weighted by Crippen LogP contribution is -2.44. The Balaban J connectivity index is 1.59. The van der Waals surface area contributed by atoms with Crippen molar-refractivity contribution in [1.82, 2.24) is 9.62 Å². The van der Waals surface area contributed by atoms with Gasteiger partial charge in [-0.05, 0) is 37.0 Å². The molecule has 0 aliphatic carbocycles. The molecule has 1 aliphatic heterocycles. The molecule has 1 heterocycles. The van der Waals surface area contributed by atoms with Gasteiger partial charge >= 0.3 is 0 Å². The molecule has 162 valence electrons. The lowest BCUT2D eigenvalue weighted by Gasteiger charge is -2.31. The summed E-state index contributed by atoms with van der Waals surface area (Å²) < 4.78 is 27.1. The first-order valence-corrected chi connectivity index (χ1v) is 12.4. The predicted molar refractivity (Wildman–Crippen MR) is 121 cm³/mol. The highest BCUT2D eigenvalue weighted by atomic mass is 35.5. The van der Waals surface area contributed by atoms with Gasteiger partial charge in [0.05, 0.1) is 11.8 Å². The standard InChI is InChI=1S/C22H26Cl2N2O3S/c1-2-21(16-7-4-3-5-8-16)25-22(27)17-11-13-26(14-12-17)30(28,29)15-18-19(23)9-6-10-20(18)24/h3-10,17,21H,2,11-15H2,1H3,(H,25,27)/t21-/m1/s1. The first-order chi connectivity index (χ1) is 14.3. The second kappa shape index (κ2) is 10.1. The molecule has 1 aliphatic rings. The lowest BCUT2D eigenvalue weighted by atomic mass is 9.96. The van der Waals surface area contributed by atoms with Crippen molar-refractivity contribution in [2.75, 3.05) is 13.1 Å². The monoisotopic (exact) mass is 468 g/mol. The molecule has 2 aromatic carbocycles. The third-order valence-corrected chi connectivity index (χ3v) is 8.05. The van der Waals surface area contributed by atoms with Crippen molar-refractivity contribution >= 4 is 39.1 Å². The van der Waals surface area contributed by atoms with Gasteiger partial charge in [-0.2, -0.15) is 0 Å². The van der Waals surface area contributed by atoms with E-state index in [2.05, 4.69) is 5.32 Å². The summed E-state index contributed by atoms with van der Waals surface area (Å²) >= 11 is 12.3. The van der Waals surface area contributed by atoms with Crippen molar-refractivity contribution in [3.63, 3.8) is 0 Å². The van der Waals surface area contributed by atoms with E-state index in [0.717, 1.165) is 12.0 Å². The number of carbonyl (C=O) groups is 1. The number of nitrogens with one attached hydrogen (secondary N) is 1. The first-order valence-electron chi connectivity index (χ1n) is 10.1. The van der Waals surface area contributed by atoms with E-state index in [9.17, 15) is 13.2 Å². The predicted octanol–water partition coefficient (Wildman–Crippen LogP) is 4.80. The molecule has 0 radical (unpaired) electrons. The zero-order valence-electron chi connectivity index (χ0n) is 16.9. The van der Waals surface area contributed by atoms with Crippen LogP contribution in [0.2, 0.25) is 10.0 Å². The maximum Gasteiger partial charge on any atom is 0.223 e. The van der Waals surface area contributed by atoms with Gasteiger partial charge < -0.3 is 5.32 Å². The number of halogens is 2. The highest BCUT2D eigenvalue weighted by Crippen LogP contribution is 2.29. The van der Waals surface area contributed by atoms with Crippen molar-refractivity contribution in [2.24, 2.45) is 5.92 Å². The molecule has 5 nitrogen and oxygen atoms in total. The molecular formula is C22H26Cl2N2O3S. The van der Waals surface area contributed by atoms with Crippen LogP contribution in [0.4, 0.5) is 0 Å². The fraction of sp³-hybridized carbons (Fsp3) is 0.409. The fourth-order valence-corrected chi connectivity index (χ4v) is 6.05. The van der Waals surface area contributed by atoms with Gasteiger partial charge in [0.2, 0.25) is 15.9 Å². The number of carbonyl (C=O) groups excluding carboxylic acids is 1. The van der Waals surface area contributed by atoms with Gasteiger partial charge in [0.15, 0.2) is 0 Å². The largest absolute Gasteiger partial charge is 0.349 e. The van der Waals surface area contributed by atoms with Gasteiger partial charge in [0.25, 0.3) is 0 Å². The van der Waals surface area contributed by atoms with Crippen molar-refractivity contribution in [2.45, 2.75) is 38.0 Å². The van der Waals surface area contributed by atoms with Gasteiger partial charge in [0, 0.05) is 34.6 Å². The quantitative estimate of drug-likeness (QED) is 0.634. The topological polar surface area (TPSA) is 66.5 Å². The average molecular weight is 469 g/mol. The lowest BCUT2D eigenvalue weighted by molar-refractivity contribution is -0.126. The smallest absolute Gasteiger partial charge is 0.223 e. The summed E-state index contributed by atoms with van der Waals surface area (Å²) in [7, 11) is -3.57. The van der Waals surface area contributed by atoms with E-state index in [1.165, 1.54) is 4.31 Å². The second-order valence-corrected chi connectivity index (χ2v) is 10.3. The van der Waals surface area contributed by atoms with Crippen LogP contribution in [0.1, 0.15) is 43.4 Å². The number of rotatable bonds is 7. The van der Waals surface area contributed by atoms with Gasteiger partial charge in [0.1, 0.15) is 0 Å². The Kier molecular flexibility index (Phi) is 7.80. The Bertz CT molecular complexity index is 955. The summed E-state index contributed by atoms with van der Waals surface area (Å²) in [5.74, 6) is -0.455. The fourth-order valence-electron chi connectivity index (χ4n) is 3.74. The summed E-state index contributed by atoms with van der Waals surface area (Å²) in [4.78, 5) is 12.8. The molecule has 1 N–H and O–H groups in total. The molecule has 30 heavy (non-hydrogen) atoms. The van der Waals surface area contributed by atoms with Gasteiger partial charge in [-0.25, -0.2) is 12.7 Å². The van der Waals surface area contributed by atoms with Crippen molar-refractivity contribution in [1.29, 1.82) is 0 Å². The van der Waals surface area contributed by atoms with Crippen LogP contribution in [0.25, 0.3) is 0 Å². The van der Waals surface area contributed by atoms with Gasteiger partial charge in [-0.3, -0.25) is 4.79 Å². The van der Waals surface area contributed by atoms with E-state index in [1.54, 1.807) is 18.2 Å². The van der Waals surface area contributed by atoms with Gasteiger partial charge in [-0.1, -0.05) is 66.5 Å². The highest BCUT2D eigenvalue weighted by Gasteiger charge is 2.32. The number of hydrogen-bond acceptors (Lipinski definition) is 3. The zero-order chi connectivity index (χ0) is 21.7. The Morgan fingerprint density at radius 2 is 1.67 bits per heavy atom. The minimum Gasteiger partial charge on any atom is -0.349 e. The Morgan fingerprint density at radius 1 is 1.07 bits per heavy atom. The summed E-state index contributed by atoms with van der Waals surface area (Å²) in [6, 6.07) is 14.8. The second-order valence-electron chi connectivity index (χ2n) is 7.51. The number of benzene rings is 2. The van der Waals surface area contributed by atoms with Crippen LogP contribution >= 0.6 is 23.2 Å². The molecule has 3 rings (SSSR count). The normalized spacial score (nSPS) is 16.9. The van der Waals surface area contributed by atoms with E-state index in [0.29, 0.717) is 41.5 Å². The van der Waals surface area contributed by atoms with E-state index in [1.807, 2.05) is 37.3 Å². The minimum atomic E-state index is -3.57. The van der Waals surface area contributed by atoms with Crippen LogP contribution in [0, 0.1) is 5.92 Å². The maximum atomic E-state index is 12.9. The van der Waals surface area contributed by atoms with E-state index in [-0.39, 0.29) is 23.6 Å². The molecule has 0 unspecified atom stereocenters. The Labute approximate surface area is 188 Å². The zero-order valence-corrected chi connectivity index (χ0v) is 19.2. The Hall–Kier alpha value is -1.60. The molecule has 1 atom stereocenters. The number of nitrogens with zero attached hydrogens (tertiary/aromatic N) is 1. The third-order valence-electron chi connectivity index (χ3n) is 5.53. The number of piperidine rings is 1.